The minimum absolute atomic E-state index is 0.0639. The first-order valence-corrected chi connectivity index (χ1v) is 9.27. The molecule has 0 amide bonds. The molecule has 0 aromatic heterocycles. The highest BCUT2D eigenvalue weighted by molar-refractivity contribution is 9.10. The minimum atomic E-state index is -0.321. The van der Waals surface area contributed by atoms with E-state index in [0.717, 1.165) is 22.9 Å². The lowest BCUT2D eigenvalue weighted by Gasteiger charge is -2.52. The predicted molar refractivity (Wildman–Crippen MR) is 98.4 cm³/mol. The summed E-state index contributed by atoms with van der Waals surface area (Å²) in [5, 5.41) is 2.11. The Morgan fingerprint density at radius 2 is 1.71 bits per heavy atom. The number of nitrogens with zero attached hydrogens (tertiary/aromatic N) is 1. The van der Waals surface area contributed by atoms with Crippen LogP contribution in [-0.2, 0) is 14.4 Å². The molecule has 1 fully saturated rings. The summed E-state index contributed by atoms with van der Waals surface area (Å²) in [6, 6.07) is 7.96. The largest absolute Gasteiger partial charge is 0.463 e. The Bertz CT molecular complexity index is 552. The Kier molecular flexibility index (Phi) is 6.10. The van der Waals surface area contributed by atoms with Crippen molar-refractivity contribution in [1.82, 2.24) is 5.06 Å². The number of ether oxygens (including phenoxy) is 1. The zero-order valence-electron chi connectivity index (χ0n) is 15.3. The predicted octanol–water partition coefficient (Wildman–Crippen LogP) is 5.03. The number of benzene rings is 1. The molecule has 1 heterocycles. The van der Waals surface area contributed by atoms with Crippen LogP contribution in [0.4, 0.5) is 0 Å². The first kappa shape index (κ1) is 19.4. The van der Waals surface area contributed by atoms with Gasteiger partial charge in [-0.05, 0) is 64.7 Å². The number of esters is 1. The fourth-order valence-electron chi connectivity index (χ4n) is 3.45. The molecule has 1 aliphatic heterocycles. The van der Waals surface area contributed by atoms with Gasteiger partial charge in [-0.25, -0.2) is 0 Å². The van der Waals surface area contributed by atoms with Crippen molar-refractivity contribution in [2.75, 3.05) is 6.61 Å². The summed E-state index contributed by atoms with van der Waals surface area (Å²) < 4.78 is 6.27. The van der Waals surface area contributed by atoms with Crippen molar-refractivity contribution < 1.29 is 14.4 Å². The fraction of sp³-hybridized carbons (Fsp3) is 0.632. The highest BCUT2D eigenvalue weighted by atomic mass is 79.9. The average Bonchev–Trinajstić information content (AvgIpc) is 2.46. The zero-order chi connectivity index (χ0) is 18.0. The fourth-order valence-corrected chi connectivity index (χ4v) is 3.71. The van der Waals surface area contributed by atoms with Gasteiger partial charge in [0, 0.05) is 22.5 Å². The highest BCUT2D eigenvalue weighted by Crippen LogP contribution is 2.40. The van der Waals surface area contributed by atoms with E-state index >= 15 is 0 Å². The molecule has 1 atom stereocenters. The molecule has 4 nitrogen and oxygen atoms in total. The summed E-state index contributed by atoms with van der Waals surface area (Å²) in [4.78, 5) is 17.7. The third-order valence-electron chi connectivity index (χ3n) is 4.59. The first-order valence-electron chi connectivity index (χ1n) is 8.48. The SMILES string of the molecule is CC(=O)OCC(ON1C(C)(C)CCCC1(C)C)c1ccc(Br)cc1. The van der Waals surface area contributed by atoms with Crippen LogP contribution in [0, 0.1) is 0 Å². The molecule has 5 heteroatoms. The van der Waals surface area contributed by atoms with Gasteiger partial charge in [-0.2, -0.15) is 5.06 Å². The van der Waals surface area contributed by atoms with E-state index in [9.17, 15) is 4.79 Å². The van der Waals surface area contributed by atoms with E-state index in [1.54, 1.807) is 0 Å². The van der Waals surface area contributed by atoms with Crippen molar-refractivity contribution >= 4 is 21.9 Å². The summed E-state index contributed by atoms with van der Waals surface area (Å²) in [5.74, 6) is -0.294. The van der Waals surface area contributed by atoms with E-state index in [2.05, 4.69) is 48.7 Å². The van der Waals surface area contributed by atoms with E-state index in [1.807, 2.05) is 24.3 Å². The van der Waals surface area contributed by atoms with Gasteiger partial charge in [-0.3, -0.25) is 9.63 Å². The molecule has 0 bridgehead atoms. The average molecular weight is 398 g/mol. The van der Waals surface area contributed by atoms with Crippen LogP contribution in [0.25, 0.3) is 0 Å². The Labute approximate surface area is 153 Å². The van der Waals surface area contributed by atoms with E-state index < -0.39 is 0 Å². The molecule has 1 aliphatic rings. The number of piperidine rings is 1. The molecule has 1 saturated heterocycles. The van der Waals surface area contributed by atoms with E-state index in [1.165, 1.54) is 13.3 Å². The molecular weight excluding hydrogens is 370 g/mol. The van der Waals surface area contributed by atoms with Gasteiger partial charge in [-0.15, -0.1) is 0 Å². The van der Waals surface area contributed by atoms with Gasteiger partial charge >= 0.3 is 5.97 Å². The molecule has 0 saturated carbocycles. The van der Waals surface area contributed by atoms with Crippen molar-refractivity contribution in [3.63, 3.8) is 0 Å². The zero-order valence-corrected chi connectivity index (χ0v) is 16.9. The van der Waals surface area contributed by atoms with Crippen LogP contribution in [0.1, 0.15) is 65.5 Å². The lowest BCUT2D eigenvalue weighted by atomic mass is 9.82. The first-order chi connectivity index (χ1) is 11.1. The Morgan fingerprint density at radius 3 is 2.21 bits per heavy atom. The van der Waals surface area contributed by atoms with Crippen molar-refractivity contribution in [2.24, 2.45) is 0 Å². The summed E-state index contributed by atoms with van der Waals surface area (Å²) in [6.07, 6.45) is 3.03. The molecule has 0 aliphatic carbocycles. The lowest BCUT2D eigenvalue weighted by molar-refractivity contribution is -0.311. The van der Waals surface area contributed by atoms with Gasteiger partial charge in [0.25, 0.3) is 0 Å². The second kappa shape index (κ2) is 7.54. The third-order valence-corrected chi connectivity index (χ3v) is 5.12. The van der Waals surface area contributed by atoms with Gasteiger partial charge in [-0.1, -0.05) is 28.1 Å². The molecule has 1 aromatic carbocycles. The monoisotopic (exact) mass is 397 g/mol. The number of carbonyl (C=O) groups is 1. The summed E-state index contributed by atoms with van der Waals surface area (Å²) in [6.45, 7) is 10.5. The standard InChI is InChI=1S/C19H28BrNO3/c1-14(22)23-13-17(15-7-9-16(20)10-8-15)24-21-18(2,3)11-6-12-19(21,4)5/h7-10,17H,6,11-13H2,1-5H3. The number of hydrogen-bond donors (Lipinski definition) is 0. The maximum Gasteiger partial charge on any atom is 0.302 e. The van der Waals surface area contributed by atoms with Crippen molar-refractivity contribution in [3.05, 3.63) is 34.3 Å². The van der Waals surface area contributed by atoms with E-state index in [-0.39, 0.29) is 29.8 Å². The lowest BCUT2D eigenvalue weighted by Crippen LogP contribution is -2.58. The summed E-state index contributed by atoms with van der Waals surface area (Å²) in [5.41, 5.74) is 0.869. The van der Waals surface area contributed by atoms with Crippen LogP contribution >= 0.6 is 15.9 Å². The van der Waals surface area contributed by atoms with Gasteiger partial charge in [0.05, 0.1) is 0 Å². The highest BCUT2D eigenvalue weighted by Gasteiger charge is 2.43. The molecular formula is C19H28BrNO3. The number of rotatable bonds is 5. The molecule has 1 aromatic rings. The van der Waals surface area contributed by atoms with Crippen LogP contribution in [-0.4, -0.2) is 28.7 Å². The minimum Gasteiger partial charge on any atom is -0.463 e. The van der Waals surface area contributed by atoms with Crippen molar-refractivity contribution in [2.45, 2.75) is 71.1 Å². The van der Waals surface area contributed by atoms with Gasteiger partial charge < -0.3 is 4.74 Å². The molecule has 0 radical (unpaired) electrons. The van der Waals surface area contributed by atoms with Crippen LogP contribution in [0.5, 0.6) is 0 Å². The Morgan fingerprint density at radius 1 is 1.17 bits per heavy atom. The molecule has 1 unspecified atom stereocenters. The van der Waals surface area contributed by atoms with Crippen LogP contribution < -0.4 is 0 Å². The van der Waals surface area contributed by atoms with Crippen molar-refractivity contribution in [1.29, 1.82) is 0 Å². The number of hydroxylamine groups is 2. The van der Waals surface area contributed by atoms with Crippen LogP contribution in [0.2, 0.25) is 0 Å². The summed E-state index contributed by atoms with van der Waals surface area (Å²) in [7, 11) is 0. The maximum atomic E-state index is 11.3. The Balaban J connectivity index is 2.25. The third kappa shape index (κ3) is 4.80. The maximum absolute atomic E-state index is 11.3. The normalized spacial score (nSPS) is 21.2. The second-order valence-electron chi connectivity index (χ2n) is 7.72. The summed E-state index contributed by atoms with van der Waals surface area (Å²) >= 11 is 3.45. The molecule has 0 N–H and O–H groups in total. The Hall–Kier alpha value is -0.910. The molecule has 2 rings (SSSR count). The van der Waals surface area contributed by atoms with Gasteiger partial charge in [0.1, 0.15) is 12.7 Å². The topological polar surface area (TPSA) is 38.8 Å². The van der Waals surface area contributed by atoms with E-state index in [0.29, 0.717) is 0 Å². The molecule has 134 valence electrons. The van der Waals surface area contributed by atoms with Crippen molar-refractivity contribution in [3.8, 4) is 0 Å². The van der Waals surface area contributed by atoms with Crippen LogP contribution in [0.3, 0.4) is 0 Å². The number of carbonyl (C=O) groups excluding carboxylic acids is 1. The number of hydrogen-bond acceptors (Lipinski definition) is 4. The van der Waals surface area contributed by atoms with Gasteiger partial charge in [0.15, 0.2) is 0 Å². The second-order valence-corrected chi connectivity index (χ2v) is 8.64. The molecule has 0 spiro atoms. The molecule has 24 heavy (non-hydrogen) atoms. The number of halogens is 1. The quantitative estimate of drug-likeness (QED) is 0.653. The smallest absolute Gasteiger partial charge is 0.302 e. The van der Waals surface area contributed by atoms with Crippen LogP contribution in [0.15, 0.2) is 28.7 Å². The van der Waals surface area contributed by atoms with Gasteiger partial charge in [0.2, 0.25) is 0 Å². The van der Waals surface area contributed by atoms with E-state index in [4.69, 9.17) is 9.57 Å².